The van der Waals surface area contributed by atoms with Crippen molar-refractivity contribution in [2.45, 2.75) is 69.5 Å². The summed E-state index contributed by atoms with van der Waals surface area (Å²) >= 11 is 0. The fourth-order valence-corrected chi connectivity index (χ4v) is 5.42. The molecule has 3 unspecified atom stereocenters. The number of likely N-dealkylation sites (tertiary alicyclic amines) is 1. The van der Waals surface area contributed by atoms with Gasteiger partial charge in [0.05, 0.1) is 12.2 Å². The number of piperidine rings is 2. The van der Waals surface area contributed by atoms with Gasteiger partial charge in [-0.15, -0.1) is 0 Å². The third kappa shape index (κ3) is 5.44. The van der Waals surface area contributed by atoms with E-state index in [1.807, 2.05) is 11.0 Å². The van der Waals surface area contributed by atoms with Crippen LogP contribution in [0.2, 0.25) is 0 Å². The molecule has 2 aliphatic heterocycles. The van der Waals surface area contributed by atoms with Crippen LogP contribution in [0.25, 0.3) is 0 Å². The van der Waals surface area contributed by atoms with E-state index >= 15 is 0 Å². The average molecular weight is 419 g/mol. The Labute approximate surface area is 180 Å². The lowest BCUT2D eigenvalue weighted by Gasteiger charge is -2.43. The normalized spacial score (nSPS) is 29.1. The Bertz CT molecular complexity index is 632. The van der Waals surface area contributed by atoms with E-state index in [-0.39, 0.29) is 18.5 Å². The first-order valence-corrected chi connectivity index (χ1v) is 11.6. The Morgan fingerprint density at radius 3 is 2.53 bits per heavy atom. The number of nitrogens with one attached hydrogen (secondary N) is 3. The second-order valence-electron chi connectivity index (χ2n) is 9.49. The molecular weight excluding hydrogens is 380 g/mol. The molecule has 3 rings (SSSR count). The van der Waals surface area contributed by atoms with Crippen LogP contribution in [0.15, 0.2) is 0 Å². The molecule has 30 heavy (non-hydrogen) atoms. The molecule has 2 heterocycles. The van der Waals surface area contributed by atoms with Gasteiger partial charge in [-0.3, -0.25) is 9.69 Å². The molecule has 3 N–H and O–H groups in total. The molecule has 3 atom stereocenters. The van der Waals surface area contributed by atoms with E-state index in [1.165, 1.54) is 6.42 Å². The van der Waals surface area contributed by atoms with Gasteiger partial charge in [0.15, 0.2) is 0 Å². The fourth-order valence-electron chi connectivity index (χ4n) is 5.42. The minimum absolute atomic E-state index is 0.0230. The van der Waals surface area contributed by atoms with Crippen molar-refractivity contribution in [1.82, 2.24) is 25.8 Å². The maximum atomic E-state index is 13.2. The van der Waals surface area contributed by atoms with E-state index in [0.717, 1.165) is 58.2 Å². The summed E-state index contributed by atoms with van der Waals surface area (Å²) in [5.41, 5.74) is -0.871. The summed E-state index contributed by atoms with van der Waals surface area (Å²) in [5.74, 6) is 0.895. The van der Waals surface area contributed by atoms with E-state index < -0.39 is 5.54 Å². The van der Waals surface area contributed by atoms with Gasteiger partial charge in [0.1, 0.15) is 12.1 Å². The van der Waals surface area contributed by atoms with Gasteiger partial charge in [-0.05, 0) is 71.0 Å². The minimum Gasteiger partial charge on any atom is -0.341 e. The molecule has 8 nitrogen and oxygen atoms in total. The first-order valence-electron chi connectivity index (χ1n) is 11.6. The first kappa shape index (κ1) is 22.8. The third-order valence-corrected chi connectivity index (χ3v) is 7.28. The van der Waals surface area contributed by atoms with Crippen molar-refractivity contribution in [3.8, 4) is 6.07 Å². The van der Waals surface area contributed by atoms with E-state index in [9.17, 15) is 9.59 Å². The van der Waals surface area contributed by atoms with E-state index in [4.69, 9.17) is 5.26 Å². The van der Waals surface area contributed by atoms with E-state index in [1.54, 1.807) is 0 Å². The lowest BCUT2D eigenvalue weighted by molar-refractivity contribution is -0.128. The topological polar surface area (TPSA) is 100 Å². The monoisotopic (exact) mass is 418 g/mol. The second-order valence-corrected chi connectivity index (χ2v) is 9.49. The van der Waals surface area contributed by atoms with Crippen molar-refractivity contribution in [3.05, 3.63) is 0 Å². The molecule has 0 spiro atoms. The highest BCUT2D eigenvalue weighted by molar-refractivity contribution is 5.91. The van der Waals surface area contributed by atoms with Crippen LogP contribution < -0.4 is 16.0 Å². The fraction of sp³-hybridized carbons (Fsp3) is 0.864. The summed E-state index contributed by atoms with van der Waals surface area (Å²) < 4.78 is 0. The lowest BCUT2D eigenvalue weighted by atomic mass is 9.80. The Hall–Kier alpha value is -1.85. The molecule has 3 fully saturated rings. The van der Waals surface area contributed by atoms with Crippen LogP contribution in [0.4, 0.5) is 4.79 Å². The van der Waals surface area contributed by atoms with Crippen molar-refractivity contribution >= 4 is 11.9 Å². The number of rotatable bonds is 5. The molecule has 1 saturated carbocycles. The van der Waals surface area contributed by atoms with Gasteiger partial charge in [-0.1, -0.05) is 19.3 Å². The van der Waals surface area contributed by atoms with Crippen LogP contribution in [0.3, 0.4) is 0 Å². The summed E-state index contributed by atoms with van der Waals surface area (Å²) in [6.07, 6.45) is 9.17. The number of nitriles is 1. The maximum Gasteiger partial charge on any atom is 0.318 e. The van der Waals surface area contributed by atoms with Crippen molar-refractivity contribution < 1.29 is 9.59 Å². The van der Waals surface area contributed by atoms with Crippen LogP contribution in [0.1, 0.15) is 57.8 Å². The van der Waals surface area contributed by atoms with Gasteiger partial charge in [-0.25, -0.2) is 4.79 Å². The van der Waals surface area contributed by atoms with Crippen molar-refractivity contribution in [3.63, 3.8) is 0 Å². The van der Waals surface area contributed by atoms with E-state index in [2.05, 4.69) is 34.9 Å². The smallest absolute Gasteiger partial charge is 0.318 e. The number of nitrogens with zero attached hydrogens (tertiary/aromatic N) is 3. The molecule has 168 valence electrons. The van der Waals surface area contributed by atoms with Gasteiger partial charge >= 0.3 is 6.03 Å². The Morgan fingerprint density at radius 2 is 1.90 bits per heavy atom. The van der Waals surface area contributed by atoms with Crippen molar-refractivity contribution in [2.24, 2.45) is 11.8 Å². The summed E-state index contributed by atoms with van der Waals surface area (Å²) in [7, 11) is 4.22. The van der Waals surface area contributed by atoms with Crippen LogP contribution in [0.5, 0.6) is 0 Å². The zero-order valence-electron chi connectivity index (χ0n) is 18.6. The zero-order chi connectivity index (χ0) is 21.6. The summed E-state index contributed by atoms with van der Waals surface area (Å²) in [6.45, 7) is 2.49. The van der Waals surface area contributed by atoms with Gasteiger partial charge < -0.3 is 20.9 Å². The quantitative estimate of drug-likeness (QED) is 0.589. The number of hydrogen-bond donors (Lipinski definition) is 3. The van der Waals surface area contributed by atoms with Crippen LogP contribution in [0, 0.1) is 23.2 Å². The Morgan fingerprint density at radius 1 is 1.13 bits per heavy atom. The molecule has 0 aromatic carbocycles. The van der Waals surface area contributed by atoms with Crippen LogP contribution in [-0.4, -0.2) is 73.7 Å². The summed E-state index contributed by atoms with van der Waals surface area (Å²) in [4.78, 5) is 30.1. The summed E-state index contributed by atoms with van der Waals surface area (Å²) in [5, 5.41) is 18.2. The van der Waals surface area contributed by atoms with Crippen molar-refractivity contribution in [1.29, 1.82) is 5.26 Å². The highest BCUT2D eigenvalue weighted by atomic mass is 16.2. The number of carbonyl (C=O) groups excluding carboxylic acids is 2. The highest BCUT2D eigenvalue weighted by Crippen LogP contribution is 2.32. The van der Waals surface area contributed by atoms with Gasteiger partial charge in [0, 0.05) is 13.1 Å². The molecule has 2 saturated heterocycles. The number of carbonyl (C=O) groups is 2. The number of amides is 3. The highest BCUT2D eigenvalue weighted by Gasteiger charge is 2.42. The van der Waals surface area contributed by atoms with Gasteiger partial charge in [-0.2, -0.15) is 5.26 Å². The molecule has 3 aliphatic rings. The van der Waals surface area contributed by atoms with Gasteiger partial charge in [0.25, 0.3) is 0 Å². The first-order chi connectivity index (χ1) is 14.4. The minimum atomic E-state index is -0.871. The largest absolute Gasteiger partial charge is 0.341 e. The standard InChI is InChI=1S/C22H38N6O2/c1-27(2)19-9-8-17(15-25-19)18-7-6-14-28(16-18)21(30)26-22(10-4-3-5-11-22)20(29)24-13-12-23/h17-19,25H,3-11,13-16H2,1-2H3,(H,24,29)(H,26,30). The molecular formula is C22H38N6O2. The molecule has 8 heteroatoms. The van der Waals surface area contributed by atoms with E-state index in [0.29, 0.717) is 30.8 Å². The third-order valence-electron chi connectivity index (χ3n) is 7.28. The van der Waals surface area contributed by atoms with Crippen LogP contribution >= 0.6 is 0 Å². The molecule has 0 radical (unpaired) electrons. The number of hydrogen-bond acceptors (Lipinski definition) is 5. The SMILES string of the molecule is CN(C)C1CCC(C2CCCN(C(=O)NC3(C(=O)NCC#N)CCCCC3)C2)CN1. The molecule has 3 amide bonds. The van der Waals surface area contributed by atoms with Crippen molar-refractivity contribution in [2.75, 3.05) is 40.3 Å². The second kappa shape index (κ2) is 10.5. The lowest BCUT2D eigenvalue weighted by Crippen LogP contribution is -2.63. The Kier molecular flexibility index (Phi) is 7.95. The predicted octanol–water partition coefficient (Wildman–Crippen LogP) is 1.64. The maximum absolute atomic E-state index is 13.2. The molecule has 1 aliphatic carbocycles. The number of urea groups is 1. The Balaban J connectivity index is 1.58. The molecule has 0 aromatic rings. The molecule has 0 aromatic heterocycles. The average Bonchev–Trinajstić information content (AvgIpc) is 2.78. The van der Waals surface area contributed by atoms with Crippen LogP contribution in [-0.2, 0) is 4.79 Å². The zero-order valence-corrected chi connectivity index (χ0v) is 18.6. The molecule has 0 bridgehead atoms. The predicted molar refractivity (Wildman–Crippen MR) is 115 cm³/mol. The summed E-state index contributed by atoms with van der Waals surface area (Å²) in [6, 6.07) is 1.84. The van der Waals surface area contributed by atoms with Gasteiger partial charge in [0.2, 0.25) is 5.91 Å².